The lowest BCUT2D eigenvalue weighted by Crippen LogP contribution is -2.30. The number of nitrogens with one attached hydrogen (secondary N) is 1. The minimum Gasteiger partial charge on any atom is -0.497 e. The lowest BCUT2D eigenvalue weighted by molar-refractivity contribution is -0.117. The van der Waals surface area contributed by atoms with E-state index in [1.807, 2.05) is 72.6 Å². The number of hydrogen-bond acceptors (Lipinski definition) is 6. The van der Waals surface area contributed by atoms with Crippen LogP contribution in [0.15, 0.2) is 60.7 Å². The summed E-state index contributed by atoms with van der Waals surface area (Å²) in [5.74, 6) is 0.143. The predicted octanol–water partition coefficient (Wildman–Crippen LogP) is 4.67. The van der Waals surface area contributed by atoms with Crippen LogP contribution in [-0.2, 0) is 16.1 Å². The Morgan fingerprint density at radius 1 is 1.06 bits per heavy atom. The van der Waals surface area contributed by atoms with Crippen molar-refractivity contribution in [2.24, 2.45) is 0 Å². The molecule has 0 fully saturated rings. The molecule has 3 rings (SSSR count). The zero-order valence-electron chi connectivity index (χ0n) is 17.9. The molecule has 1 aromatic heterocycles. The standard InChI is InChI=1S/C24H26N2O4S/c1-4-30-24(28)23-20(14-21(31-23)18-10-6-5-7-11-18)25-22(27)16-26(2)15-17-9-8-12-19(13-17)29-3/h5-14H,4,15-16H2,1-3H3,(H,25,27). The molecule has 0 spiro atoms. The Labute approximate surface area is 186 Å². The Morgan fingerprint density at radius 3 is 2.55 bits per heavy atom. The number of carbonyl (C=O) groups excluding carboxylic acids is 2. The van der Waals surface area contributed by atoms with Crippen molar-refractivity contribution in [2.75, 3.05) is 32.6 Å². The van der Waals surface area contributed by atoms with Gasteiger partial charge in [-0.3, -0.25) is 9.69 Å². The molecule has 2 aromatic carbocycles. The van der Waals surface area contributed by atoms with Crippen molar-refractivity contribution in [3.8, 4) is 16.2 Å². The molecule has 0 aliphatic heterocycles. The number of nitrogens with zero attached hydrogens (tertiary/aromatic N) is 1. The Balaban J connectivity index is 1.71. The van der Waals surface area contributed by atoms with Gasteiger partial charge in [0, 0.05) is 11.4 Å². The van der Waals surface area contributed by atoms with Crippen LogP contribution in [0.2, 0.25) is 0 Å². The number of amides is 1. The number of benzene rings is 2. The van der Waals surface area contributed by atoms with E-state index in [9.17, 15) is 9.59 Å². The van der Waals surface area contributed by atoms with Gasteiger partial charge in [-0.2, -0.15) is 0 Å². The summed E-state index contributed by atoms with van der Waals surface area (Å²) in [6, 6.07) is 19.3. The molecule has 6 nitrogen and oxygen atoms in total. The summed E-state index contributed by atoms with van der Waals surface area (Å²) in [5.41, 5.74) is 2.50. The summed E-state index contributed by atoms with van der Waals surface area (Å²) in [6.07, 6.45) is 0. The number of likely N-dealkylation sites (N-methyl/N-ethyl adjacent to an activating group) is 1. The van der Waals surface area contributed by atoms with Gasteiger partial charge in [0.2, 0.25) is 5.91 Å². The molecular formula is C24H26N2O4S. The summed E-state index contributed by atoms with van der Waals surface area (Å²) < 4.78 is 10.4. The third-order valence-corrected chi connectivity index (χ3v) is 5.69. The van der Waals surface area contributed by atoms with E-state index in [2.05, 4.69) is 5.32 Å². The molecule has 31 heavy (non-hydrogen) atoms. The second kappa shape index (κ2) is 10.7. The molecule has 0 unspecified atom stereocenters. The summed E-state index contributed by atoms with van der Waals surface area (Å²) in [5, 5.41) is 2.88. The van der Waals surface area contributed by atoms with E-state index in [0.717, 1.165) is 21.8 Å². The van der Waals surface area contributed by atoms with Crippen molar-refractivity contribution in [1.29, 1.82) is 0 Å². The number of ether oxygens (including phenoxy) is 2. The maximum Gasteiger partial charge on any atom is 0.350 e. The van der Waals surface area contributed by atoms with Crippen molar-refractivity contribution in [1.82, 2.24) is 4.90 Å². The number of carbonyl (C=O) groups is 2. The molecule has 0 radical (unpaired) electrons. The highest BCUT2D eigenvalue weighted by Crippen LogP contribution is 2.35. The highest BCUT2D eigenvalue weighted by Gasteiger charge is 2.20. The maximum atomic E-state index is 12.7. The van der Waals surface area contributed by atoms with Crippen LogP contribution in [-0.4, -0.2) is 44.1 Å². The van der Waals surface area contributed by atoms with Crippen LogP contribution < -0.4 is 10.1 Å². The van der Waals surface area contributed by atoms with Gasteiger partial charge in [-0.25, -0.2) is 4.79 Å². The number of esters is 1. The van der Waals surface area contributed by atoms with Crippen LogP contribution in [0.3, 0.4) is 0 Å². The zero-order chi connectivity index (χ0) is 22.2. The Kier molecular flexibility index (Phi) is 7.81. The molecule has 1 amide bonds. The van der Waals surface area contributed by atoms with Crippen LogP contribution in [0.5, 0.6) is 5.75 Å². The average Bonchev–Trinajstić information content (AvgIpc) is 3.18. The van der Waals surface area contributed by atoms with Gasteiger partial charge in [0.25, 0.3) is 0 Å². The van der Waals surface area contributed by atoms with Gasteiger partial charge in [-0.15, -0.1) is 11.3 Å². The normalized spacial score (nSPS) is 10.7. The maximum absolute atomic E-state index is 12.7. The van der Waals surface area contributed by atoms with E-state index >= 15 is 0 Å². The lowest BCUT2D eigenvalue weighted by Gasteiger charge is -2.17. The van der Waals surface area contributed by atoms with Crippen molar-refractivity contribution in [2.45, 2.75) is 13.5 Å². The third-order valence-electron chi connectivity index (χ3n) is 4.53. The zero-order valence-corrected chi connectivity index (χ0v) is 18.7. The molecule has 1 heterocycles. The molecule has 0 aliphatic rings. The molecule has 0 aliphatic carbocycles. The van der Waals surface area contributed by atoms with Gasteiger partial charge in [-0.1, -0.05) is 42.5 Å². The number of thiophene rings is 1. The van der Waals surface area contributed by atoms with E-state index in [1.165, 1.54) is 11.3 Å². The third kappa shape index (κ3) is 6.16. The quantitative estimate of drug-likeness (QED) is 0.492. The number of hydrogen-bond donors (Lipinski definition) is 1. The van der Waals surface area contributed by atoms with Crippen molar-refractivity contribution in [3.63, 3.8) is 0 Å². The molecule has 3 aromatic rings. The first-order chi connectivity index (χ1) is 15.0. The molecule has 0 bridgehead atoms. The van der Waals surface area contributed by atoms with Crippen LogP contribution in [0.1, 0.15) is 22.2 Å². The van der Waals surface area contributed by atoms with E-state index in [4.69, 9.17) is 9.47 Å². The fourth-order valence-electron chi connectivity index (χ4n) is 3.15. The predicted molar refractivity (Wildman–Crippen MR) is 124 cm³/mol. The van der Waals surface area contributed by atoms with E-state index < -0.39 is 5.97 Å². The van der Waals surface area contributed by atoms with Gasteiger partial charge in [-0.05, 0) is 43.3 Å². The van der Waals surface area contributed by atoms with Crippen LogP contribution >= 0.6 is 11.3 Å². The topological polar surface area (TPSA) is 67.9 Å². The van der Waals surface area contributed by atoms with E-state index in [1.54, 1.807) is 14.0 Å². The smallest absolute Gasteiger partial charge is 0.350 e. The highest BCUT2D eigenvalue weighted by atomic mass is 32.1. The van der Waals surface area contributed by atoms with Crippen molar-refractivity contribution in [3.05, 3.63) is 71.1 Å². The summed E-state index contributed by atoms with van der Waals surface area (Å²) >= 11 is 1.31. The number of rotatable bonds is 9. The largest absolute Gasteiger partial charge is 0.497 e. The van der Waals surface area contributed by atoms with Gasteiger partial charge in [0.05, 0.1) is 25.9 Å². The first-order valence-electron chi connectivity index (χ1n) is 9.97. The second-order valence-electron chi connectivity index (χ2n) is 7.01. The fourth-order valence-corrected chi connectivity index (χ4v) is 4.16. The summed E-state index contributed by atoms with van der Waals surface area (Å²) in [4.78, 5) is 28.3. The minimum atomic E-state index is -0.435. The Morgan fingerprint density at radius 2 is 1.84 bits per heavy atom. The number of anilines is 1. The molecule has 0 saturated carbocycles. The Hall–Kier alpha value is -3.16. The second-order valence-corrected chi connectivity index (χ2v) is 8.06. The molecule has 0 saturated heterocycles. The van der Waals surface area contributed by atoms with Crippen LogP contribution in [0, 0.1) is 0 Å². The fraction of sp³-hybridized carbons (Fsp3) is 0.250. The average molecular weight is 439 g/mol. The molecule has 1 N–H and O–H groups in total. The van der Waals surface area contributed by atoms with Crippen molar-refractivity contribution < 1.29 is 19.1 Å². The first kappa shape index (κ1) is 22.5. The van der Waals surface area contributed by atoms with Crippen LogP contribution in [0.4, 0.5) is 5.69 Å². The number of methoxy groups -OCH3 is 1. The van der Waals surface area contributed by atoms with Gasteiger partial charge in [0.1, 0.15) is 10.6 Å². The lowest BCUT2D eigenvalue weighted by atomic mass is 10.2. The first-order valence-corrected chi connectivity index (χ1v) is 10.8. The highest BCUT2D eigenvalue weighted by molar-refractivity contribution is 7.18. The molecular weight excluding hydrogens is 412 g/mol. The molecule has 7 heteroatoms. The minimum absolute atomic E-state index is 0.177. The monoisotopic (exact) mass is 438 g/mol. The Bertz CT molecular complexity index is 1030. The summed E-state index contributed by atoms with van der Waals surface area (Å²) in [7, 11) is 3.50. The van der Waals surface area contributed by atoms with E-state index in [0.29, 0.717) is 17.1 Å². The summed E-state index contributed by atoms with van der Waals surface area (Å²) in [6.45, 7) is 2.80. The van der Waals surface area contributed by atoms with Gasteiger partial charge in [0.15, 0.2) is 0 Å². The molecule has 162 valence electrons. The SMILES string of the molecule is CCOC(=O)c1sc(-c2ccccc2)cc1NC(=O)CN(C)Cc1cccc(OC)c1. The molecule has 0 atom stereocenters. The van der Waals surface area contributed by atoms with E-state index in [-0.39, 0.29) is 19.1 Å². The van der Waals surface area contributed by atoms with Gasteiger partial charge >= 0.3 is 5.97 Å². The van der Waals surface area contributed by atoms with Gasteiger partial charge < -0.3 is 14.8 Å². The van der Waals surface area contributed by atoms with Crippen molar-refractivity contribution >= 4 is 28.9 Å². The van der Waals surface area contributed by atoms with Crippen LogP contribution in [0.25, 0.3) is 10.4 Å².